The lowest BCUT2D eigenvalue weighted by atomic mass is 9.99. The number of nitrogens with one attached hydrogen (secondary N) is 1. The normalized spacial score (nSPS) is 16.5. The molecular weight excluding hydrogens is 239 g/mol. The fraction of sp³-hybridized carbons (Fsp3) is 0.500. The molecule has 0 radical (unpaired) electrons. The Labute approximate surface area is 104 Å². The zero-order valence-electron chi connectivity index (χ0n) is 9.89. The van der Waals surface area contributed by atoms with Crippen LogP contribution in [0.15, 0.2) is 18.2 Å². The van der Waals surface area contributed by atoms with Gasteiger partial charge in [-0.05, 0) is 44.0 Å². The zero-order valence-corrected chi connectivity index (χ0v) is 9.89. The van der Waals surface area contributed by atoms with E-state index in [1.165, 1.54) is 12.1 Å². The SMILES string of the molecule is O=[N+]([O-])c1c(F)cccc1OCC1CCNCC1. The molecule has 0 amide bonds. The van der Waals surface area contributed by atoms with Gasteiger partial charge < -0.3 is 10.1 Å². The summed E-state index contributed by atoms with van der Waals surface area (Å²) >= 11 is 0. The van der Waals surface area contributed by atoms with Gasteiger partial charge in [0.2, 0.25) is 5.82 Å². The average Bonchev–Trinajstić information content (AvgIpc) is 2.37. The van der Waals surface area contributed by atoms with Crippen LogP contribution in [0.2, 0.25) is 0 Å². The van der Waals surface area contributed by atoms with Crippen molar-refractivity contribution in [2.45, 2.75) is 12.8 Å². The van der Waals surface area contributed by atoms with Crippen LogP contribution in [0.25, 0.3) is 0 Å². The number of nitrogens with zero attached hydrogens (tertiary/aromatic N) is 1. The molecule has 0 spiro atoms. The Morgan fingerprint density at radius 1 is 1.44 bits per heavy atom. The molecule has 0 aliphatic carbocycles. The Hall–Kier alpha value is -1.69. The number of benzene rings is 1. The Kier molecular flexibility index (Phi) is 4.09. The summed E-state index contributed by atoms with van der Waals surface area (Å²) in [5.74, 6) is -0.476. The van der Waals surface area contributed by atoms with Crippen molar-refractivity contribution in [2.24, 2.45) is 5.92 Å². The van der Waals surface area contributed by atoms with Crippen LogP contribution in [-0.4, -0.2) is 24.6 Å². The van der Waals surface area contributed by atoms with Crippen LogP contribution in [0.3, 0.4) is 0 Å². The molecule has 1 aromatic rings. The molecule has 1 aliphatic rings. The van der Waals surface area contributed by atoms with E-state index < -0.39 is 16.4 Å². The highest BCUT2D eigenvalue weighted by Crippen LogP contribution is 2.30. The van der Waals surface area contributed by atoms with E-state index in [1.807, 2.05) is 0 Å². The smallest absolute Gasteiger partial charge is 0.346 e. The van der Waals surface area contributed by atoms with Gasteiger partial charge in [-0.25, -0.2) is 0 Å². The molecule has 98 valence electrons. The van der Waals surface area contributed by atoms with E-state index >= 15 is 0 Å². The summed E-state index contributed by atoms with van der Waals surface area (Å²) in [7, 11) is 0. The second-order valence-corrected chi connectivity index (χ2v) is 4.35. The Morgan fingerprint density at radius 2 is 2.17 bits per heavy atom. The molecule has 0 unspecified atom stereocenters. The zero-order chi connectivity index (χ0) is 13.0. The molecule has 1 heterocycles. The minimum absolute atomic E-state index is 0.0125. The van der Waals surface area contributed by atoms with Crippen molar-refractivity contribution < 1.29 is 14.1 Å². The summed E-state index contributed by atoms with van der Waals surface area (Å²) in [6.45, 7) is 2.25. The van der Waals surface area contributed by atoms with Gasteiger partial charge >= 0.3 is 5.69 Å². The second-order valence-electron chi connectivity index (χ2n) is 4.35. The molecule has 18 heavy (non-hydrogen) atoms. The maximum absolute atomic E-state index is 13.3. The number of halogens is 1. The van der Waals surface area contributed by atoms with Crippen LogP contribution in [-0.2, 0) is 0 Å². The highest BCUT2D eigenvalue weighted by Gasteiger charge is 2.22. The van der Waals surface area contributed by atoms with E-state index in [-0.39, 0.29) is 5.75 Å². The molecule has 0 atom stereocenters. The first kappa shape index (κ1) is 12.8. The van der Waals surface area contributed by atoms with E-state index in [2.05, 4.69) is 5.32 Å². The molecule has 5 nitrogen and oxygen atoms in total. The standard InChI is InChI=1S/C12H15FN2O3/c13-10-2-1-3-11(12(10)15(16)17)18-8-9-4-6-14-7-5-9/h1-3,9,14H,4-8H2. The van der Waals surface area contributed by atoms with Crippen molar-refractivity contribution in [1.82, 2.24) is 5.32 Å². The highest BCUT2D eigenvalue weighted by atomic mass is 19.1. The number of hydrogen-bond acceptors (Lipinski definition) is 4. The number of para-hydroxylation sites is 1. The number of piperidine rings is 1. The Morgan fingerprint density at radius 3 is 2.83 bits per heavy atom. The number of ether oxygens (including phenoxy) is 1. The minimum atomic E-state index is -0.859. The summed E-state index contributed by atoms with van der Waals surface area (Å²) in [4.78, 5) is 10.0. The van der Waals surface area contributed by atoms with E-state index in [0.717, 1.165) is 32.0 Å². The number of hydrogen-bond donors (Lipinski definition) is 1. The quantitative estimate of drug-likeness (QED) is 0.660. The molecule has 1 fully saturated rings. The molecule has 1 aromatic carbocycles. The van der Waals surface area contributed by atoms with Crippen molar-refractivity contribution in [1.29, 1.82) is 0 Å². The minimum Gasteiger partial charge on any atom is -0.486 e. The summed E-state index contributed by atoms with van der Waals surface area (Å²) in [6, 6.07) is 3.91. The first-order valence-electron chi connectivity index (χ1n) is 5.95. The monoisotopic (exact) mass is 254 g/mol. The van der Waals surface area contributed by atoms with Gasteiger partial charge in [0.25, 0.3) is 0 Å². The Bertz CT molecular complexity index is 433. The molecule has 0 bridgehead atoms. The lowest BCUT2D eigenvalue weighted by Gasteiger charge is -2.22. The maximum Gasteiger partial charge on any atom is 0.346 e. The van der Waals surface area contributed by atoms with Crippen molar-refractivity contribution in [2.75, 3.05) is 19.7 Å². The molecule has 1 N–H and O–H groups in total. The Balaban J connectivity index is 2.04. The van der Waals surface area contributed by atoms with Crippen LogP contribution in [0.4, 0.5) is 10.1 Å². The van der Waals surface area contributed by atoms with Gasteiger partial charge in [0, 0.05) is 0 Å². The number of nitro groups is 1. The van der Waals surface area contributed by atoms with E-state index in [9.17, 15) is 14.5 Å². The van der Waals surface area contributed by atoms with E-state index in [0.29, 0.717) is 12.5 Å². The van der Waals surface area contributed by atoms with Crippen LogP contribution < -0.4 is 10.1 Å². The van der Waals surface area contributed by atoms with Crippen molar-refractivity contribution >= 4 is 5.69 Å². The summed E-state index contributed by atoms with van der Waals surface area (Å²) in [6.07, 6.45) is 1.95. The predicted octanol–water partition coefficient (Wildman–Crippen LogP) is 2.11. The molecule has 2 rings (SSSR count). The van der Waals surface area contributed by atoms with Crippen LogP contribution in [0.5, 0.6) is 5.75 Å². The molecule has 1 aliphatic heterocycles. The fourth-order valence-corrected chi connectivity index (χ4v) is 2.05. The first-order valence-corrected chi connectivity index (χ1v) is 5.95. The molecule has 1 saturated heterocycles. The molecule has 6 heteroatoms. The van der Waals surface area contributed by atoms with Gasteiger partial charge in [0.05, 0.1) is 11.5 Å². The van der Waals surface area contributed by atoms with Gasteiger partial charge in [-0.2, -0.15) is 4.39 Å². The third-order valence-electron chi connectivity index (χ3n) is 3.07. The highest BCUT2D eigenvalue weighted by molar-refractivity contribution is 5.47. The average molecular weight is 254 g/mol. The lowest BCUT2D eigenvalue weighted by molar-refractivity contribution is -0.388. The maximum atomic E-state index is 13.3. The second kappa shape index (κ2) is 5.77. The third-order valence-corrected chi connectivity index (χ3v) is 3.07. The van der Waals surface area contributed by atoms with Crippen LogP contribution in [0.1, 0.15) is 12.8 Å². The van der Waals surface area contributed by atoms with Crippen molar-refractivity contribution in [3.63, 3.8) is 0 Å². The predicted molar refractivity (Wildman–Crippen MR) is 64.1 cm³/mol. The number of rotatable bonds is 4. The van der Waals surface area contributed by atoms with E-state index in [4.69, 9.17) is 4.74 Å². The summed E-state index contributed by atoms with van der Waals surface area (Å²) in [5, 5.41) is 14.0. The lowest BCUT2D eigenvalue weighted by Crippen LogP contribution is -2.30. The summed E-state index contributed by atoms with van der Waals surface area (Å²) < 4.78 is 18.7. The molecule has 0 saturated carbocycles. The van der Waals surface area contributed by atoms with E-state index in [1.54, 1.807) is 0 Å². The van der Waals surface area contributed by atoms with Crippen LogP contribution >= 0.6 is 0 Å². The largest absolute Gasteiger partial charge is 0.486 e. The molecule has 0 aromatic heterocycles. The van der Waals surface area contributed by atoms with Crippen molar-refractivity contribution in [3.8, 4) is 5.75 Å². The first-order chi connectivity index (χ1) is 8.68. The van der Waals surface area contributed by atoms with Crippen LogP contribution in [0, 0.1) is 21.8 Å². The molecular formula is C12H15FN2O3. The van der Waals surface area contributed by atoms with Gasteiger partial charge in [0.1, 0.15) is 0 Å². The number of nitro benzene ring substituents is 1. The topological polar surface area (TPSA) is 64.4 Å². The van der Waals surface area contributed by atoms with Gasteiger partial charge in [-0.1, -0.05) is 6.07 Å². The summed E-state index contributed by atoms with van der Waals surface area (Å²) in [5.41, 5.74) is -0.577. The van der Waals surface area contributed by atoms with Gasteiger partial charge in [-0.15, -0.1) is 0 Å². The van der Waals surface area contributed by atoms with Gasteiger partial charge in [-0.3, -0.25) is 10.1 Å². The van der Waals surface area contributed by atoms with Gasteiger partial charge in [0.15, 0.2) is 5.75 Å². The fourth-order valence-electron chi connectivity index (χ4n) is 2.05. The van der Waals surface area contributed by atoms with Crippen molar-refractivity contribution in [3.05, 3.63) is 34.1 Å². The third kappa shape index (κ3) is 2.95.